The largest absolute Gasteiger partial charge is 0.379 e. The van der Waals surface area contributed by atoms with Crippen LogP contribution in [0.5, 0.6) is 0 Å². The van der Waals surface area contributed by atoms with E-state index in [0.717, 1.165) is 111 Å². The zero-order valence-corrected chi connectivity index (χ0v) is 30.2. The van der Waals surface area contributed by atoms with Crippen molar-refractivity contribution in [3.63, 3.8) is 0 Å². The minimum atomic E-state index is 0.704. The Kier molecular flexibility index (Phi) is 11.9. The number of hydrogen-bond acceptors (Lipinski definition) is 9. The zero-order valence-electron chi connectivity index (χ0n) is 28.7. The summed E-state index contributed by atoms with van der Waals surface area (Å²) >= 11 is 12.2. The first kappa shape index (κ1) is 35.2. The van der Waals surface area contributed by atoms with Gasteiger partial charge in [-0.25, -0.2) is 19.0 Å². The molecule has 0 atom stereocenters. The van der Waals surface area contributed by atoms with Crippen molar-refractivity contribution in [3.05, 3.63) is 95.2 Å². The number of aromatic nitrogens is 6. The summed E-state index contributed by atoms with van der Waals surface area (Å²) in [6.45, 7) is 10.3. The molecule has 2 fully saturated rings. The Labute approximate surface area is 308 Å². The lowest BCUT2D eigenvalue weighted by molar-refractivity contribution is 0.0378. The topological polar surface area (TPSA) is 100 Å². The van der Waals surface area contributed by atoms with Crippen LogP contribution in [0, 0.1) is 0 Å². The average Bonchev–Trinajstić information content (AvgIpc) is 3.93. The monoisotopic (exact) mass is 726 g/mol. The Morgan fingerprint density at radius 3 is 1.59 bits per heavy atom. The Hall–Kier alpha value is -4.26. The van der Waals surface area contributed by atoms with Gasteiger partial charge in [-0.05, 0) is 100 Å². The maximum atomic E-state index is 6.12. The van der Waals surface area contributed by atoms with Crippen LogP contribution in [0.15, 0.2) is 85.2 Å². The first-order valence-electron chi connectivity index (χ1n) is 17.8. The predicted octanol–water partition coefficient (Wildman–Crippen LogP) is 7.13. The fraction of sp³-hybridized carbons (Fsp3) is 0.368. The fourth-order valence-corrected chi connectivity index (χ4v) is 6.87. The van der Waals surface area contributed by atoms with E-state index in [9.17, 15) is 0 Å². The number of morpholine rings is 1. The quantitative estimate of drug-likeness (QED) is 0.128. The van der Waals surface area contributed by atoms with Crippen molar-refractivity contribution in [1.29, 1.82) is 0 Å². The van der Waals surface area contributed by atoms with E-state index in [1.165, 1.54) is 25.9 Å². The van der Waals surface area contributed by atoms with Gasteiger partial charge in [0.2, 0.25) is 0 Å². The SMILES string of the molecule is Clc1cccc(-c2cnc3ccc(NCCCN4CCCC4)nn23)c1.Clc1cccc(-c2cnc3ccc(NCCCN4CCOCC4)nn23)c1. The van der Waals surface area contributed by atoms with Gasteiger partial charge in [-0.3, -0.25) is 4.90 Å². The van der Waals surface area contributed by atoms with E-state index in [1.807, 2.05) is 94.2 Å². The van der Waals surface area contributed by atoms with E-state index in [4.69, 9.17) is 38.1 Å². The Bertz CT molecular complexity index is 2020. The van der Waals surface area contributed by atoms with Crippen molar-refractivity contribution in [2.45, 2.75) is 25.7 Å². The molecule has 13 heteroatoms. The van der Waals surface area contributed by atoms with Crippen LogP contribution in [-0.2, 0) is 4.74 Å². The van der Waals surface area contributed by atoms with Crippen molar-refractivity contribution in [3.8, 4) is 22.5 Å². The predicted molar refractivity (Wildman–Crippen MR) is 206 cm³/mol. The lowest BCUT2D eigenvalue weighted by Gasteiger charge is -2.26. The average molecular weight is 728 g/mol. The van der Waals surface area contributed by atoms with Crippen molar-refractivity contribution >= 4 is 46.1 Å². The molecule has 0 radical (unpaired) electrons. The number of anilines is 2. The summed E-state index contributed by atoms with van der Waals surface area (Å²) in [5.41, 5.74) is 5.54. The van der Waals surface area contributed by atoms with Crippen molar-refractivity contribution in [2.24, 2.45) is 0 Å². The van der Waals surface area contributed by atoms with Crippen LogP contribution in [0.2, 0.25) is 10.0 Å². The van der Waals surface area contributed by atoms with E-state index in [-0.39, 0.29) is 0 Å². The molecular formula is C38H44Cl2N10O. The second-order valence-corrected chi connectivity index (χ2v) is 13.7. The summed E-state index contributed by atoms with van der Waals surface area (Å²) in [4.78, 5) is 13.8. The molecule has 0 amide bonds. The second-order valence-electron chi connectivity index (χ2n) is 12.8. The number of halogens is 2. The van der Waals surface area contributed by atoms with E-state index in [2.05, 4.69) is 30.4 Å². The third-order valence-corrected chi connectivity index (χ3v) is 9.65. The number of ether oxygens (including phenoxy) is 1. The number of benzene rings is 2. The van der Waals surface area contributed by atoms with Crippen LogP contribution in [0.1, 0.15) is 25.7 Å². The summed E-state index contributed by atoms with van der Waals surface area (Å²) in [5, 5.41) is 17.6. The van der Waals surface area contributed by atoms with Gasteiger partial charge in [-0.1, -0.05) is 47.5 Å². The molecule has 11 nitrogen and oxygen atoms in total. The van der Waals surface area contributed by atoms with E-state index < -0.39 is 0 Å². The summed E-state index contributed by atoms with van der Waals surface area (Å²) in [5.74, 6) is 1.72. The standard InChI is InChI=1S/C19H22ClN5O.C19H22ClN5/c20-16-4-1-3-15(13-16)17-14-22-19-6-5-18(23-25(17)19)21-7-2-8-24-9-11-26-12-10-24;20-16-6-3-5-15(13-16)17-14-22-19-8-7-18(23-25(17)19)21-9-4-12-24-10-1-2-11-24/h1,3-6,13-14H,2,7-12H2,(H,21,23);3,5-8,13-14H,1-2,4,9-12H2,(H,21,23). The maximum absolute atomic E-state index is 6.12. The van der Waals surface area contributed by atoms with E-state index >= 15 is 0 Å². The highest BCUT2D eigenvalue weighted by molar-refractivity contribution is 6.31. The van der Waals surface area contributed by atoms with Gasteiger partial charge in [0.25, 0.3) is 0 Å². The highest BCUT2D eigenvalue weighted by Crippen LogP contribution is 2.25. The van der Waals surface area contributed by atoms with Gasteiger partial charge in [0.15, 0.2) is 11.3 Å². The van der Waals surface area contributed by atoms with Gasteiger partial charge < -0.3 is 20.3 Å². The molecule has 0 aliphatic carbocycles. The molecule has 0 spiro atoms. The molecule has 8 rings (SSSR count). The van der Waals surface area contributed by atoms with Crippen LogP contribution >= 0.6 is 23.2 Å². The van der Waals surface area contributed by atoms with Crippen molar-refractivity contribution in [1.82, 2.24) is 39.0 Å². The van der Waals surface area contributed by atoms with Gasteiger partial charge in [-0.15, -0.1) is 10.2 Å². The first-order chi connectivity index (χ1) is 25.1. The van der Waals surface area contributed by atoms with E-state index in [0.29, 0.717) is 10.0 Å². The number of imidazole rings is 2. The molecule has 6 aromatic rings. The normalized spacial score (nSPS) is 15.3. The fourth-order valence-electron chi connectivity index (χ4n) is 6.49. The molecule has 0 bridgehead atoms. The third-order valence-electron chi connectivity index (χ3n) is 9.18. The van der Waals surface area contributed by atoms with Crippen molar-refractivity contribution < 1.29 is 4.74 Å². The van der Waals surface area contributed by atoms with Crippen molar-refractivity contribution in [2.75, 3.05) is 76.2 Å². The molecule has 0 unspecified atom stereocenters. The van der Waals surface area contributed by atoms with Crippen LogP contribution in [0.3, 0.4) is 0 Å². The second kappa shape index (κ2) is 17.3. The third kappa shape index (κ3) is 9.35. The number of likely N-dealkylation sites (tertiary alicyclic amines) is 1. The van der Waals surface area contributed by atoms with Gasteiger partial charge in [0.1, 0.15) is 11.6 Å². The molecule has 2 aliphatic rings. The molecule has 51 heavy (non-hydrogen) atoms. The summed E-state index contributed by atoms with van der Waals surface area (Å²) < 4.78 is 9.11. The lowest BCUT2D eigenvalue weighted by atomic mass is 10.2. The van der Waals surface area contributed by atoms with Crippen LogP contribution < -0.4 is 10.6 Å². The highest BCUT2D eigenvalue weighted by atomic mass is 35.5. The van der Waals surface area contributed by atoms with Gasteiger partial charge >= 0.3 is 0 Å². The summed E-state index contributed by atoms with van der Waals surface area (Å²) in [6, 6.07) is 23.4. The van der Waals surface area contributed by atoms with Gasteiger partial charge in [-0.2, -0.15) is 0 Å². The smallest absolute Gasteiger partial charge is 0.154 e. The molecule has 266 valence electrons. The molecule has 2 saturated heterocycles. The molecule has 6 heterocycles. The maximum Gasteiger partial charge on any atom is 0.154 e. The number of fused-ring (bicyclic) bond motifs is 2. The Balaban J connectivity index is 0.000000159. The number of nitrogens with one attached hydrogen (secondary N) is 2. The zero-order chi connectivity index (χ0) is 34.8. The van der Waals surface area contributed by atoms with Crippen LogP contribution in [0.4, 0.5) is 11.6 Å². The lowest BCUT2D eigenvalue weighted by Crippen LogP contribution is -2.37. The minimum absolute atomic E-state index is 0.704. The summed E-state index contributed by atoms with van der Waals surface area (Å²) in [7, 11) is 0. The summed E-state index contributed by atoms with van der Waals surface area (Å²) in [6.07, 6.45) is 8.56. The van der Waals surface area contributed by atoms with Gasteiger partial charge in [0.05, 0.1) is 37.0 Å². The number of nitrogens with zero attached hydrogens (tertiary/aromatic N) is 8. The molecular weight excluding hydrogens is 683 g/mol. The number of hydrogen-bond donors (Lipinski definition) is 2. The molecule has 2 N–H and O–H groups in total. The molecule has 2 aliphatic heterocycles. The van der Waals surface area contributed by atoms with Gasteiger partial charge in [0, 0.05) is 47.4 Å². The number of rotatable bonds is 12. The highest BCUT2D eigenvalue weighted by Gasteiger charge is 2.13. The molecule has 2 aromatic carbocycles. The molecule has 0 saturated carbocycles. The first-order valence-corrected chi connectivity index (χ1v) is 18.6. The Morgan fingerprint density at radius 1 is 0.608 bits per heavy atom. The van der Waals surface area contributed by atoms with Crippen LogP contribution in [-0.4, -0.2) is 105 Å². The molecule has 4 aromatic heterocycles. The van der Waals surface area contributed by atoms with E-state index in [1.54, 1.807) is 0 Å². The minimum Gasteiger partial charge on any atom is -0.379 e. The van der Waals surface area contributed by atoms with Crippen LogP contribution in [0.25, 0.3) is 33.8 Å². The Morgan fingerprint density at radius 2 is 1.10 bits per heavy atom.